The van der Waals surface area contributed by atoms with Crippen LogP contribution in [0.2, 0.25) is 0 Å². The van der Waals surface area contributed by atoms with Crippen molar-refractivity contribution in [1.82, 2.24) is 30.3 Å². The lowest BCUT2D eigenvalue weighted by Gasteiger charge is -2.31. The van der Waals surface area contributed by atoms with Crippen molar-refractivity contribution in [3.05, 3.63) is 53.3 Å². The second-order valence-corrected chi connectivity index (χ2v) is 11.8. The molecule has 258 valence electrons. The van der Waals surface area contributed by atoms with E-state index in [0.29, 0.717) is 55.8 Å². The summed E-state index contributed by atoms with van der Waals surface area (Å²) in [6.45, 7) is 11.3. The van der Waals surface area contributed by atoms with Crippen LogP contribution in [0.5, 0.6) is 11.5 Å². The van der Waals surface area contributed by atoms with Gasteiger partial charge in [-0.3, -0.25) is 19.1 Å². The smallest absolute Gasteiger partial charge is 0.340 e. The first-order valence-electron chi connectivity index (χ1n) is 16.2. The number of likely N-dealkylation sites (tertiary alicyclic amines) is 1. The molecule has 1 fully saturated rings. The number of ether oxygens (including phenoxy) is 2. The summed E-state index contributed by atoms with van der Waals surface area (Å²) in [6.07, 6.45) is 1.08. The number of benzene rings is 2. The van der Waals surface area contributed by atoms with E-state index in [1.165, 1.54) is 6.07 Å². The molecule has 4 N–H and O–H groups in total. The van der Waals surface area contributed by atoms with Gasteiger partial charge in [0.1, 0.15) is 11.5 Å². The molecule has 0 unspecified atom stereocenters. The van der Waals surface area contributed by atoms with E-state index in [2.05, 4.69) is 25.7 Å². The molecule has 0 radical (unpaired) electrons. The van der Waals surface area contributed by atoms with Crippen LogP contribution in [0.15, 0.2) is 36.4 Å². The number of nitrogens with one attached hydrogen (secondary N) is 2. The van der Waals surface area contributed by atoms with Gasteiger partial charge >= 0.3 is 11.9 Å². The predicted octanol–water partition coefficient (Wildman–Crippen LogP) is 3.04. The lowest BCUT2D eigenvalue weighted by molar-refractivity contribution is -0.160. The number of amides is 2. The zero-order valence-corrected chi connectivity index (χ0v) is 28.0. The molecule has 1 aromatic heterocycles. The third-order valence-electron chi connectivity index (χ3n) is 8.10. The lowest BCUT2D eigenvalue weighted by atomic mass is 9.95. The maximum Gasteiger partial charge on any atom is 0.340 e. The minimum atomic E-state index is -1.50. The van der Waals surface area contributed by atoms with Crippen molar-refractivity contribution in [1.29, 1.82) is 0 Å². The number of hydrogen-bond donors (Lipinski definition) is 4. The second-order valence-electron chi connectivity index (χ2n) is 11.8. The average Bonchev–Trinajstić information content (AvgIpc) is 3.49. The Morgan fingerprint density at radius 1 is 0.917 bits per heavy atom. The molecule has 0 aliphatic carbocycles. The maximum atomic E-state index is 13.0. The maximum absolute atomic E-state index is 13.0. The molecule has 48 heavy (non-hydrogen) atoms. The topological polar surface area (TPSA) is 185 Å². The van der Waals surface area contributed by atoms with E-state index < -0.39 is 29.8 Å². The quantitative estimate of drug-likeness (QED) is 0.156. The van der Waals surface area contributed by atoms with Crippen molar-refractivity contribution in [2.24, 2.45) is 5.92 Å². The number of nitrogens with zero attached hydrogens (tertiary/aromatic N) is 4. The molecule has 2 aromatic carbocycles. The summed E-state index contributed by atoms with van der Waals surface area (Å²) < 4.78 is 11.5. The number of hydrogen-bond acceptors (Lipinski definition) is 11. The van der Waals surface area contributed by atoms with Gasteiger partial charge in [0.05, 0.1) is 18.8 Å². The Bertz CT molecular complexity index is 1590. The van der Waals surface area contributed by atoms with Gasteiger partial charge in [-0.05, 0) is 81.9 Å². The van der Waals surface area contributed by atoms with E-state index in [1.54, 1.807) is 31.4 Å². The largest absolute Gasteiger partial charge is 0.508 e. The number of piperidine rings is 1. The van der Waals surface area contributed by atoms with Gasteiger partial charge < -0.3 is 30.3 Å². The zero-order valence-electron chi connectivity index (χ0n) is 28.0. The van der Waals surface area contributed by atoms with Gasteiger partial charge in [0.25, 0.3) is 5.91 Å². The summed E-state index contributed by atoms with van der Waals surface area (Å²) in [5.74, 6) is -2.85. The Morgan fingerprint density at radius 2 is 1.54 bits per heavy atom. The highest BCUT2D eigenvalue weighted by atomic mass is 16.6. The van der Waals surface area contributed by atoms with Crippen LogP contribution >= 0.6 is 0 Å². The molecule has 14 nitrogen and oxygen atoms in total. The number of esters is 2. The van der Waals surface area contributed by atoms with E-state index in [9.17, 15) is 29.4 Å². The molecule has 0 atom stereocenters. The van der Waals surface area contributed by atoms with Crippen molar-refractivity contribution >= 4 is 23.8 Å². The Hall–Kier alpha value is -4.98. The molecule has 4 rings (SSSR count). The summed E-state index contributed by atoms with van der Waals surface area (Å²) >= 11 is 0. The number of carbonyl (C=O) groups excluding carboxylic acids is 4. The fourth-order valence-corrected chi connectivity index (χ4v) is 5.61. The minimum Gasteiger partial charge on any atom is -0.508 e. The lowest BCUT2D eigenvalue weighted by Crippen LogP contribution is -2.51. The molecule has 2 amide bonds. The number of aromatic hydroxyl groups is 2. The van der Waals surface area contributed by atoms with E-state index in [1.807, 2.05) is 38.1 Å². The Morgan fingerprint density at radius 3 is 2.10 bits per heavy atom. The molecule has 14 heteroatoms. The van der Waals surface area contributed by atoms with Crippen molar-refractivity contribution in [2.75, 3.05) is 32.8 Å². The number of rotatable bonds is 13. The van der Waals surface area contributed by atoms with Gasteiger partial charge in [0.2, 0.25) is 17.8 Å². The minimum absolute atomic E-state index is 0.0339. The van der Waals surface area contributed by atoms with Crippen LogP contribution in [0, 0.1) is 5.92 Å². The summed E-state index contributed by atoms with van der Waals surface area (Å²) in [7, 11) is 0. The van der Waals surface area contributed by atoms with Gasteiger partial charge in [-0.25, -0.2) is 9.59 Å². The Kier molecular flexibility index (Phi) is 12.1. The fourth-order valence-electron chi connectivity index (χ4n) is 5.61. The predicted molar refractivity (Wildman–Crippen MR) is 175 cm³/mol. The molecule has 3 aromatic rings. The summed E-state index contributed by atoms with van der Waals surface area (Å²) in [5.41, 5.74) is 2.54. The molecule has 1 saturated heterocycles. The molecule has 0 bridgehead atoms. The van der Waals surface area contributed by atoms with Crippen LogP contribution in [0.3, 0.4) is 0 Å². The number of carbonyl (C=O) groups is 4. The van der Waals surface area contributed by atoms with Crippen LogP contribution in [0.4, 0.5) is 0 Å². The molecule has 2 heterocycles. The van der Waals surface area contributed by atoms with E-state index in [-0.39, 0.29) is 48.2 Å². The monoisotopic (exact) mass is 664 g/mol. The SMILES string of the molecule is CCNC(=O)c1nnc(-c2cc(C(C)C)c(O)cc2O)n1-c1ccc(CN2CCC(C(=O)NC(C(=O)OCC)C(=O)OCC)CC2)cc1. The molecule has 0 saturated carbocycles. The van der Waals surface area contributed by atoms with Crippen LogP contribution in [-0.4, -0.2) is 92.5 Å². The van der Waals surface area contributed by atoms with Crippen molar-refractivity contribution in [3.8, 4) is 28.6 Å². The highest BCUT2D eigenvalue weighted by Crippen LogP contribution is 2.38. The third-order valence-corrected chi connectivity index (χ3v) is 8.10. The van der Waals surface area contributed by atoms with Crippen molar-refractivity contribution in [3.63, 3.8) is 0 Å². The third kappa shape index (κ3) is 8.29. The molecule has 1 aliphatic heterocycles. The van der Waals surface area contributed by atoms with Gasteiger partial charge in [-0.1, -0.05) is 26.0 Å². The Labute approximate surface area is 279 Å². The Balaban J connectivity index is 1.48. The fraction of sp³-hybridized carbons (Fsp3) is 0.471. The molecular weight excluding hydrogens is 620 g/mol. The van der Waals surface area contributed by atoms with Gasteiger partial charge in [0, 0.05) is 30.8 Å². The van der Waals surface area contributed by atoms with Crippen LogP contribution in [-0.2, 0) is 30.4 Å². The first-order valence-corrected chi connectivity index (χ1v) is 16.2. The normalized spacial score (nSPS) is 13.8. The van der Waals surface area contributed by atoms with Gasteiger partial charge in [-0.15, -0.1) is 10.2 Å². The summed E-state index contributed by atoms with van der Waals surface area (Å²) in [5, 5.41) is 34.8. The van der Waals surface area contributed by atoms with Crippen LogP contribution in [0.25, 0.3) is 17.1 Å². The molecular formula is C34H44N6O8. The molecule has 0 spiro atoms. The number of aromatic nitrogens is 3. The molecule has 1 aliphatic rings. The van der Waals surface area contributed by atoms with Crippen LogP contribution in [0.1, 0.15) is 75.1 Å². The number of phenols is 2. The van der Waals surface area contributed by atoms with E-state index >= 15 is 0 Å². The summed E-state index contributed by atoms with van der Waals surface area (Å²) in [6, 6.07) is 8.98. The summed E-state index contributed by atoms with van der Waals surface area (Å²) in [4.78, 5) is 52.7. The van der Waals surface area contributed by atoms with Crippen LogP contribution < -0.4 is 10.6 Å². The van der Waals surface area contributed by atoms with E-state index in [0.717, 1.165) is 5.56 Å². The van der Waals surface area contributed by atoms with Crippen molar-refractivity contribution in [2.45, 2.75) is 66.0 Å². The average molecular weight is 665 g/mol. The first kappa shape index (κ1) is 35.9. The number of phenolic OH excluding ortho intramolecular Hbond substituents is 2. The second kappa shape index (κ2) is 16.2. The van der Waals surface area contributed by atoms with Crippen molar-refractivity contribution < 1.29 is 38.9 Å². The highest BCUT2D eigenvalue weighted by Gasteiger charge is 2.34. The standard InChI is InChI=1S/C34H44N6O8/c1-6-35-32(44)30-38-37-29(25-17-24(20(4)5)26(41)18-27(25)42)40(30)23-11-9-21(10-12-23)19-39-15-13-22(14-16-39)31(43)36-28(33(45)47-7-2)34(46)48-8-3/h9-12,17-18,20,22,28,41-42H,6-8,13-16,19H2,1-5H3,(H,35,44)(H,36,43). The van der Waals surface area contributed by atoms with Gasteiger partial charge in [0.15, 0.2) is 5.82 Å². The highest BCUT2D eigenvalue weighted by molar-refractivity contribution is 6.02. The first-order chi connectivity index (χ1) is 23.0. The zero-order chi connectivity index (χ0) is 35.0. The van der Waals surface area contributed by atoms with Gasteiger partial charge in [-0.2, -0.15) is 0 Å². The van der Waals surface area contributed by atoms with E-state index in [4.69, 9.17) is 9.47 Å².